The number of nitrogens with zero attached hydrogens (tertiary/aromatic N) is 3. The molecule has 29 heavy (non-hydrogen) atoms. The molecule has 0 saturated carbocycles. The Balaban J connectivity index is 1.82. The van der Waals surface area contributed by atoms with Crippen LogP contribution in [0, 0.1) is 0 Å². The van der Waals surface area contributed by atoms with Crippen LogP contribution in [-0.2, 0) is 4.79 Å². The first-order chi connectivity index (χ1) is 14.1. The van der Waals surface area contributed by atoms with E-state index in [4.69, 9.17) is 0 Å². The van der Waals surface area contributed by atoms with E-state index in [-0.39, 0.29) is 11.5 Å². The maximum absolute atomic E-state index is 13.3. The predicted octanol–water partition coefficient (Wildman–Crippen LogP) is 4.04. The first-order valence-electron chi connectivity index (χ1n) is 8.88. The van der Waals surface area contributed by atoms with Gasteiger partial charge in [0.1, 0.15) is 11.6 Å². The standard InChI is InChI=1S/C22H13BrN4O2/c23-13-8-9-18-15(11-13)16(21(28)26-18)12-20-25-17-6-2-1-5-14(17)22(29)27(20)19-7-3-4-10-24-19/h1-12H,(H,26,28)/b16-12-. The number of nitrogens with one attached hydrogen (secondary N) is 1. The van der Waals surface area contributed by atoms with Gasteiger partial charge in [0.15, 0.2) is 0 Å². The lowest BCUT2D eigenvalue weighted by molar-refractivity contribution is -0.110. The molecule has 0 unspecified atom stereocenters. The quantitative estimate of drug-likeness (QED) is 0.473. The molecule has 1 amide bonds. The van der Waals surface area contributed by atoms with E-state index in [0.29, 0.717) is 28.1 Å². The van der Waals surface area contributed by atoms with Gasteiger partial charge in [-0.05, 0) is 48.5 Å². The van der Waals surface area contributed by atoms with Gasteiger partial charge in [0.25, 0.3) is 11.5 Å². The van der Waals surface area contributed by atoms with Gasteiger partial charge >= 0.3 is 0 Å². The van der Waals surface area contributed by atoms with Crippen molar-refractivity contribution in [1.82, 2.24) is 14.5 Å². The van der Waals surface area contributed by atoms with E-state index in [0.717, 1.165) is 15.7 Å². The van der Waals surface area contributed by atoms with Crippen molar-refractivity contribution in [3.8, 4) is 5.82 Å². The van der Waals surface area contributed by atoms with Crippen molar-refractivity contribution in [1.29, 1.82) is 0 Å². The first-order valence-corrected chi connectivity index (χ1v) is 9.67. The summed E-state index contributed by atoms with van der Waals surface area (Å²) in [5.74, 6) is 0.536. The molecule has 2 aromatic carbocycles. The Morgan fingerprint density at radius 1 is 1.00 bits per heavy atom. The summed E-state index contributed by atoms with van der Waals surface area (Å²) in [5.41, 5.74) is 2.22. The fourth-order valence-electron chi connectivity index (χ4n) is 3.39. The Morgan fingerprint density at radius 2 is 1.83 bits per heavy atom. The van der Waals surface area contributed by atoms with Crippen LogP contribution in [0.3, 0.4) is 0 Å². The lowest BCUT2D eigenvalue weighted by Crippen LogP contribution is -2.23. The number of aromatic nitrogens is 3. The lowest BCUT2D eigenvalue weighted by Gasteiger charge is -2.11. The van der Waals surface area contributed by atoms with Crippen molar-refractivity contribution >= 4 is 50.1 Å². The summed E-state index contributed by atoms with van der Waals surface area (Å²) >= 11 is 3.45. The Morgan fingerprint density at radius 3 is 2.66 bits per heavy atom. The number of benzene rings is 2. The minimum absolute atomic E-state index is 0.242. The van der Waals surface area contributed by atoms with Gasteiger partial charge < -0.3 is 5.32 Å². The second kappa shape index (κ2) is 6.79. The molecule has 1 N–H and O–H groups in total. The normalized spacial score (nSPS) is 14.2. The van der Waals surface area contributed by atoms with Crippen molar-refractivity contribution < 1.29 is 4.79 Å². The highest BCUT2D eigenvalue weighted by atomic mass is 79.9. The lowest BCUT2D eigenvalue weighted by atomic mass is 10.1. The van der Waals surface area contributed by atoms with Crippen molar-refractivity contribution in [3.63, 3.8) is 0 Å². The smallest absolute Gasteiger partial charge is 0.267 e. The average molecular weight is 445 g/mol. The van der Waals surface area contributed by atoms with Crippen LogP contribution in [0.4, 0.5) is 5.69 Å². The molecule has 0 atom stereocenters. The summed E-state index contributed by atoms with van der Waals surface area (Å²) in [7, 11) is 0. The number of anilines is 1. The molecule has 7 heteroatoms. The molecule has 0 saturated heterocycles. The third kappa shape index (κ3) is 2.96. The highest BCUT2D eigenvalue weighted by Crippen LogP contribution is 2.35. The van der Waals surface area contributed by atoms with Crippen LogP contribution in [0.5, 0.6) is 0 Å². The molecule has 0 radical (unpaired) electrons. The number of fused-ring (bicyclic) bond motifs is 2. The molecule has 1 aliphatic heterocycles. The highest BCUT2D eigenvalue weighted by molar-refractivity contribution is 9.10. The molecular weight excluding hydrogens is 432 g/mol. The fraction of sp³-hybridized carbons (Fsp3) is 0. The van der Waals surface area contributed by atoms with E-state index in [1.54, 1.807) is 48.7 Å². The molecule has 0 bridgehead atoms. The molecule has 0 spiro atoms. The molecule has 0 fully saturated rings. The Labute approximate surface area is 173 Å². The highest BCUT2D eigenvalue weighted by Gasteiger charge is 2.25. The van der Waals surface area contributed by atoms with Crippen molar-refractivity contribution in [2.45, 2.75) is 0 Å². The molecule has 1 aliphatic rings. The minimum atomic E-state index is -0.243. The summed E-state index contributed by atoms with van der Waals surface area (Å²) in [5, 5.41) is 3.33. The number of pyridine rings is 1. The molecule has 140 valence electrons. The number of hydrogen-bond donors (Lipinski definition) is 1. The summed E-state index contributed by atoms with van der Waals surface area (Å²) < 4.78 is 2.28. The van der Waals surface area contributed by atoms with Crippen LogP contribution < -0.4 is 10.9 Å². The van der Waals surface area contributed by atoms with Gasteiger partial charge in [-0.25, -0.2) is 14.5 Å². The zero-order valence-corrected chi connectivity index (χ0v) is 16.6. The van der Waals surface area contributed by atoms with Crippen LogP contribution in [0.25, 0.3) is 28.4 Å². The number of para-hydroxylation sites is 1. The second-order valence-corrected chi connectivity index (χ2v) is 7.43. The van der Waals surface area contributed by atoms with E-state index in [1.165, 1.54) is 4.57 Å². The molecule has 3 heterocycles. The van der Waals surface area contributed by atoms with Crippen LogP contribution in [0.15, 0.2) is 76.1 Å². The molecule has 2 aromatic heterocycles. The summed E-state index contributed by atoms with van der Waals surface area (Å²) in [6, 6.07) is 18.0. The van der Waals surface area contributed by atoms with Crippen molar-refractivity contribution in [3.05, 3.63) is 93.1 Å². The topological polar surface area (TPSA) is 76.9 Å². The van der Waals surface area contributed by atoms with Crippen molar-refractivity contribution in [2.75, 3.05) is 5.32 Å². The third-order valence-electron chi connectivity index (χ3n) is 4.72. The number of rotatable bonds is 2. The second-order valence-electron chi connectivity index (χ2n) is 6.52. The number of carbonyl (C=O) groups is 1. The molecule has 0 aliphatic carbocycles. The Hall–Kier alpha value is -3.58. The number of carbonyl (C=O) groups excluding carboxylic acids is 1. The Bertz CT molecular complexity index is 1380. The minimum Gasteiger partial charge on any atom is -0.321 e. The van der Waals surface area contributed by atoms with Crippen LogP contribution in [0.2, 0.25) is 0 Å². The van der Waals surface area contributed by atoms with Gasteiger partial charge in [-0.2, -0.15) is 0 Å². The summed E-state index contributed by atoms with van der Waals surface area (Å²) in [6.45, 7) is 0. The van der Waals surface area contributed by atoms with Gasteiger partial charge in [0.05, 0.1) is 16.5 Å². The average Bonchev–Trinajstić information content (AvgIpc) is 3.03. The van der Waals surface area contributed by atoms with Gasteiger partial charge in [0.2, 0.25) is 0 Å². The number of halogens is 1. The van der Waals surface area contributed by atoms with Gasteiger partial charge in [-0.3, -0.25) is 9.59 Å². The Kier molecular flexibility index (Phi) is 4.10. The van der Waals surface area contributed by atoms with E-state index >= 15 is 0 Å². The molecule has 5 rings (SSSR count). The molecule has 6 nitrogen and oxygen atoms in total. The number of amides is 1. The summed E-state index contributed by atoms with van der Waals surface area (Å²) in [4.78, 5) is 34.8. The van der Waals surface area contributed by atoms with Gasteiger partial charge in [0, 0.05) is 21.9 Å². The SMILES string of the molecule is O=C1Nc2ccc(Br)cc2/C1=C/c1nc2ccccc2c(=O)n1-c1ccccn1. The molecular formula is C22H13BrN4O2. The first kappa shape index (κ1) is 17.5. The predicted molar refractivity (Wildman–Crippen MR) is 116 cm³/mol. The maximum Gasteiger partial charge on any atom is 0.267 e. The monoisotopic (exact) mass is 444 g/mol. The van der Waals surface area contributed by atoms with E-state index in [2.05, 4.69) is 31.2 Å². The van der Waals surface area contributed by atoms with Gasteiger partial charge in [-0.15, -0.1) is 0 Å². The zero-order chi connectivity index (χ0) is 20.0. The summed E-state index contributed by atoms with van der Waals surface area (Å²) in [6.07, 6.45) is 3.25. The van der Waals surface area contributed by atoms with Crippen LogP contribution in [-0.4, -0.2) is 20.4 Å². The zero-order valence-electron chi connectivity index (χ0n) is 15.0. The van der Waals surface area contributed by atoms with Crippen LogP contribution >= 0.6 is 15.9 Å². The van der Waals surface area contributed by atoms with Crippen molar-refractivity contribution in [2.24, 2.45) is 0 Å². The number of hydrogen-bond acceptors (Lipinski definition) is 4. The maximum atomic E-state index is 13.3. The van der Waals surface area contributed by atoms with E-state index < -0.39 is 0 Å². The van der Waals surface area contributed by atoms with E-state index in [9.17, 15) is 9.59 Å². The third-order valence-corrected chi connectivity index (χ3v) is 5.21. The van der Waals surface area contributed by atoms with E-state index in [1.807, 2.05) is 24.3 Å². The molecule has 4 aromatic rings. The van der Waals surface area contributed by atoms with Gasteiger partial charge in [-0.1, -0.05) is 34.1 Å². The fourth-order valence-corrected chi connectivity index (χ4v) is 3.75. The largest absolute Gasteiger partial charge is 0.321 e. The van der Waals surface area contributed by atoms with Crippen LogP contribution in [0.1, 0.15) is 11.4 Å².